The maximum absolute atomic E-state index is 11.8. The van der Waals surface area contributed by atoms with Crippen LogP contribution in [-0.2, 0) is 9.53 Å². The van der Waals surface area contributed by atoms with Gasteiger partial charge in [0.25, 0.3) is 0 Å². The van der Waals surface area contributed by atoms with Gasteiger partial charge in [0.15, 0.2) is 0 Å². The molecule has 1 atom stereocenters. The number of carbonyl (C=O) groups excluding carboxylic acids is 1. The molecule has 1 aliphatic rings. The van der Waals surface area contributed by atoms with Gasteiger partial charge in [-0.25, -0.2) is 4.79 Å². The van der Waals surface area contributed by atoms with Crippen LogP contribution in [-0.4, -0.2) is 65.3 Å². The van der Waals surface area contributed by atoms with Crippen molar-refractivity contribution >= 4 is 12.1 Å². The summed E-state index contributed by atoms with van der Waals surface area (Å²) in [7, 11) is 1.76. The number of hydrogen-bond acceptors (Lipinski definition) is 4. The van der Waals surface area contributed by atoms with E-state index in [1.165, 1.54) is 0 Å². The van der Waals surface area contributed by atoms with E-state index in [0.717, 1.165) is 6.42 Å². The van der Waals surface area contributed by atoms with Gasteiger partial charge in [0.05, 0.1) is 6.54 Å². The van der Waals surface area contributed by atoms with Gasteiger partial charge in [-0.1, -0.05) is 0 Å². The molecule has 0 radical (unpaired) electrons. The van der Waals surface area contributed by atoms with E-state index in [9.17, 15) is 9.59 Å². The van der Waals surface area contributed by atoms with Gasteiger partial charge >= 0.3 is 12.1 Å². The minimum absolute atomic E-state index is 0.00712. The lowest BCUT2D eigenvalue weighted by atomic mass is 10.2. The molecule has 6 heteroatoms. The minimum Gasteiger partial charge on any atom is -0.480 e. The van der Waals surface area contributed by atoms with Crippen molar-refractivity contribution in [2.24, 2.45) is 0 Å². The molecule has 0 spiro atoms. The van der Waals surface area contributed by atoms with E-state index in [0.29, 0.717) is 13.1 Å². The number of rotatable bonds is 3. The lowest BCUT2D eigenvalue weighted by Gasteiger charge is -2.25. The Balaban J connectivity index is 2.46. The molecule has 1 rings (SSSR count). The number of ether oxygens (including phenoxy) is 1. The molecular weight excluding hydrogens is 236 g/mol. The Bertz CT molecular complexity index is 325. The van der Waals surface area contributed by atoms with Crippen molar-refractivity contribution in [2.45, 2.75) is 38.8 Å². The second-order valence-corrected chi connectivity index (χ2v) is 5.68. The summed E-state index contributed by atoms with van der Waals surface area (Å²) in [5.74, 6) is -0.854. The van der Waals surface area contributed by atoms with E-state index in [1.54, 1.807) is 16.8 Å². The fraction of sp³-hybridized carbons (Fsp3) is 0.833. The van der Waals surface area contributed by atoms with Crippen LogP contribution in [0.4, 0.5) is 4.79 Å². The summed E-state index contributed by atoms with van der Waals surface area (Å²) in [5, 5.41) is 8.73. The zero-order chi connectivity index (χ0) is 13.9. The molecule has 1 amide bonds. The van der Waals surface area contributed by atoms with E-state index >= 15 is 0 Å². The van der Waals surface area contributed by atoms with Gasteiger partial charge in [-0.15, -0.1) is 0 Å². The summed E-state index contributed by atoms with van der Waals surface area (Å²) in [6, 6.07) is 0.0913. The fourth-order valence-corrected chi connectivity index (χ4v) is 1.94. The van der Waals surface area contributed by atoms with E-state index in [4.69, 9.17) is 9.84 Å². The highest BCUT2D eigenvalue weighted by Gasteiger charge is 2.32. The quantitative estimate of drug-likeness (QED) is 0.818. The summed E-state index contributed by atoms with van der Waals surface area (Å²) >= 11 is 0. The summed E-state index contributed by atoms with van der Waals surface area (Å²) in [5.41, 5.74) is -0.498. The SMILES string of the molecule is CN(CC(=O)O)C1CCN(C(=O)OC(C)(C)C)C1. The molecule has 0 aliphatic carbocycles. The molecular formula is C12H22N2O4. The number of carboxylic acids is 1. The highest BCUT2D eigenvalue weighted by molar-refractivity contribution is 5.69. The van der Waals surface area contributed by atoms with Crippen LogP contribution in [0.5, 0.6) is 0 Å². The Morgan fingerprint density at radius 3 is 2.56 bits per heavy atom. The fourth-order valence-electron chi connectivity index (χ4n) is 1.94. The molecule has 1 N–H and O–H groups in total. The monoisotopic (exact) mass is 258 g/mol. The first-order chi connectivity index (χ1) is 8.19. The zero-order valence-corrected chi connectivity index (χ0v) is 11.5. The lowest BCUT2D eigenvalue weighted by Crippen LogP contribution is -2.40. The van der Waals surface area contributed by atoms with Gasteiger partial charge in [-0.2, -0.15) is 0 Å². The summed E-state index contributed by atoms with van der Waals surface area (Å²) < 4.78 is 5.28. The van der Waals surface area contributed by atoms with E-state index in [2.05, 4.69) is 0 Å². The summed E-state index contributed by atoms with van der Waals surface area (Å²) in [6.07, 6.45) is 0.456. The number of likely N-dealkylation sites (tertiary alicyclic amines) is 1. The lowest BCUT2D eigenvalue weighted by molar-refractivity contribution is -0.138. The molecule has 0 aromatic carbocycles. The highest BCUT2D eigenvalue weighted by Crippen LogP contribution is 2.17. The minimum atomic E-state index is -0.854. The van der Waals surface area contributed by atoms with Gasteiger partial charge in [-0.3, -0.25) is 9.69 Å². The second-order valence-electron chi connectivity index (χ2n) is 5.68. The average molecular weight is 258 g/mol. The van der Waals surface area contributed by atoms with Crippen LogP contribution in [0.25, 0.3) is 0 Å². The first-order valence-electron chi connectivity index (χ1n) is 6.09. The highest BCUT2D eigenvalue weighted by atomic mass is 16.6. The van der Waals surface area contributed by atoms with E-state index in [1.807, 2.05) is 20.8 Å². The Morgan fingerprint density at radius 2 is 2.06 bits per heavy atom. The van der Waals surface area contributed by atoms with Gasteiger partial charge in [0.2, 0.25) is 0 Å². The predicted molar refractivity (Wildman–Crippen MR) is 66.5 cm³/mol. The number of hydrogen-bond donors (Lipinski definition) is 1. The van der Waals surface area contributed by atoms with Crippen molar-refractivity contribution in [3.05, 3.63) is 0 Å². The third-order valence-corrected chi connectivity index (χ3v) is 2.82. The average Bonchev–Trinajstić information content (AvgIpc) is 2.61. The molecule has 1 aliphatic heterocycles. The number of aliphatic carboxylic acids is 1. The Hall–Kier alpha value is -1.30. The van der Waals surface area contributed by atoms with Crippen molar-refractivity contribution in [3.63, 3.8) is 0 Å². The van der Waals surface area contributed by atoms with Crippen LogP contribution in [0.2, 0.25) is 0 Å². The normalized spacial score (nSPS) is 20.3. The number of carboxylic acid groups (broad SMARTS) is 1. The third-order valence-electron chi connectivity index (χ3n) is 2.82. The second kappa shape index (κ2) is 5.56. The molecule has 6 nitrogen and oxygen atoms in total. The molecule has 0 aromatic heterocycles. The molecule has 104 valence electrons. The van der Waals surface area contributed by atoms with Crippen LogP contribution in [0, 0.1) is 0 Å². The topological polar surface area (TPSA) is 70.1 Å². The van der Waals surface area contributed by atoms with E-state index in [-0.39, 0.29) is 18.7 Å². The first-order valence-corrected chi connectivity index (χ1v) is 6.09. The van der Waals surface area contributed by atoms with Crippen LogP contribution < -0.4 is 0 Å². The van der Waals surface area contributed by atoms with Crippen molar-refractivity contribution < 1.29 is 19.4 Å². The van der Waals surface area contributed by atoms with Gasteiger partial charge in [0.1, 0.15) is 5.60 Å². The molecule has 0 saturated carbocycles. The molecule has 1 heterocycles. The van der Waals surface area contributed by atoms with Gasteiger partial charge < -0.3 is 14.7 Å². The molecule has 0 aromatic rings. The van der Waals surface area contributed by atoms with Crippen molar-refractivity contribution in [1.29, 1.82) is 0 Å². The molecule has 0 bridgehead atoms. The molecule has 1 fully saturated rings. The summed E-state index contributed by atoms with van der Waals surface area (Å²) in [6.45, 7) is 6.62. The Morgan fingerprint density at radius 1 is 1.44 bits per heavy atom. The number of likely N-dealkylation sites (N-methyl/N-ethyl adjacent to an activating group) is 1. The first kappa shape index (κ1) is 14.8. The predicted octanol–water partition coefficient (Wildman–Crippen LogP) is 1.01. The van der Waals surface area contributed by atoms with Crippen LogP contribution in [0.3, 0.4) is 0 Å². The molecule has 1 saturated heterocycles. The van der Waals surface area contributed by atoms with Crippen molar-refractivity contribution in [1.82, 2.24) is 9.80 Å². The maximum atomic E-state index is 11.8. The number of nitrogens with zero attached hydrogens (tertiary/aromatic N) is 2. The number of amides is 1. The van der Waals surface area contributed by atoms with Gasteiger partial charge in [-0.05, 0) is 34.2 Å². The largest absolute Gasteiger partial charge is 0.480 e. The number of carbonyl (C=O) groups is 2. The van der Waals surface area contributed by atoms with Crippen LogP contribution in [0.15, 0.2) is 0 Å². The maximum Gasteiger partial charge on any atom is 0.410 e. The molecule has 18 heavy (non-hydrogen) atoms. The van der Waals surface area contributed by atoms with Crippen LogP contribution >= 0.6 is 0 Å². The summed E-state index contributed by atoms with van der Waals surface area (Å²) in [4.78, 5) is 25.8. The Labute approximate surface area is 107 Å². The Kier molecular flexibility index (Phi) is 4.56. The van der Waals surface area contributed by atoms with Gasteiger partial charge in [0, 0.05) is 19.1 Å². The molecule has 1 unspecified atom stereocenters. The van der Waals surface area contributed by atoms with Crippen molar-refractivity contribution in [3.8, 4) is 0 Å². The zero-order valence-electron chi connectivity index (χ0n) is 11.5. The third kappa shape index (κ3) is 4.52. The van der Waals surface area contributed by atoms with Crippen LogP contribution in [0.1, 0.15) is 27.2 Å². The standard InChI is InChI=1S/C12H22N2O4/c1-12(2,3)18-11(17)14-6-5-9(7-14)13(4)8-10(15)16/h9H,5-8H2,1-4H3,(H,15,16). The van der Waals surface area contributed by atoms with E-state index < -0.39 is 11.6 Å². The van der Waals surface area contributed by atoms with Crippen molar-refractivity contribution in [2.75, 3.05) is 26.7 Å². The smallest absolute Gasteiger partial charge is 0.410 e.